The van der Waals surface area contributed by atoms with Gasteiger partial charge in [0, 0.05) is 17.9 Å². The van der Waals surface area contributed by atoms with E-state index >= 15 is 0 Å². The van der Waals surface area contributed by atoms with Crippen LogP contribution < -0.4 is 5.32 Å². The van der Waals surface area contributed by atoms with Gasteiger partial charge in [0.2, 0.25) is 11.0 Å². The average Bonchev–Trinajstić information content (AvgIpc) is 3.17. The molecule has 6 nitrogen and oxygen atoms in total. The van der Waals surface area contributed by atoms with Crippen LogP contribution in [0, 0.1) is 6.92 Å². The molecule has 1 amide bonds. The minimum Gasteiger partial charge on any atom is -0.463 e. The van der Waals surface area contributed by atoms with E-state index in [4.69, 9.17) is 4.42 Å². The Bertz CT molecular complexity index is 758. The summed E-state index contributed by atoms with van der Waals surface area (Å²) in [5.41, 5.74) is 1.57. The van der Waals surface area contributed by atoms with Gasteiger partial charge in [-0.1, -0.05) is 6.92 Å². The van der Waals surface area contributed by atoms with E-state index in [9.17, 15) is 4.79 Å². The number of hydrogen-bond donors (Lipinski definition) is 1. The number of carbonyl (C=O) groups is 1. The van der Waals surface area contributed by atoms with Gasteiger partial charge in [-0.05, 0) is 19.1 Å². The largest absolute Gasteiger partial charge is 0.463 e. The highest BCUT2D eigenvalue weighted by Crippen LogP contribution is 2.26. The van der Waals surface area contributed by atoms with Crippen molar-refractivity contribution in [3.8, 4) is 16.6 Å². The first kappa shape index (κ1) is 13.6. The van der Waals surface area contributed by atoms with Gasteiger partial charge in [0.1, 0.15) is 11.5 Å². The highest BCUT2D eigenvalue weighted by atomic mass is 32.1. The molecule has 0 aliphatic rings. The van der Waals surface area contributed by atoms with Crippen LogP contribution in [0.4, 0.5) is 5.82 Å². The maximum Gasteiger partial charge on any atom is 0.225 e. The van der Waals surface area contributed by atoms with Gasteiger partial charge in [-0.2, -0.15) is 9.78 Å². The topological polar surface area (TPSA) is 73.0 Å². The zero-order valence-corrected chi connectivity index (χ0v) is 12.5. The standard InChI is InChI=1S/C14H14N4O2S/c1-3-13(19)16-12-7-9(2)17-18(12)14-15-10(8-21-14)11-5-4-6-20-11/h4-8H,3H2,1-2H3,(H,16,19). The summed E-state index contributed by atoms with van der Waals surface area (Å²) in [5, 5.41) is 9.79. The number of aromatic nitrogens is 3. The van der Waals surface area contributed by atoms with Gasteiger partial charge in [-0.3, -0.25) is 4.79 Å². The molecule has 0 fully saturated rings. The number of furan rings is 1. The lowest BCUT2D eigenvalue weighted by molar-refractivity contribution is -0.115. The minimum atomic E-state index is -0.0565. The number of thiazole rings is 1. The van der Waals surface area contributed by atoms with Crippen molar-refractivity contribution in [1.82, 2.24) is 14.8 Å². The summed E-state index contributed by atoms with van der Waals surface area (Å²) in [4.78, 5) is 16.1. The van der Waals surface area contributed by atoms with E-state index in [0.29, 0.717) is 23.1 Å². The molecule has 0 saturated carbocycles. The van der Waals surface area contributed by atoms with Crippen molar-refractivity contribution in [2.75, 3.05) is 5.32 Å². The van der Waals surface area contributed by atoms with Crippen molar-refractivity contribution in [2.45, 2.75) is 20.3 Å². The number of carbonyl (C=O) groups excluding carboxylic acids is 1. The SMILES string of the molecule is CCC(=O)Nc1cc(C)nn1-c1nc(-c2ccco2)cs1. The third kappa shape index (κ3) is 2.73. The van der Waals surface area contributed by atoms with Crippen LogP contribution >= 0.6 is 11.3 Å². The van der Waals surface area contributed by atoms with Crippen LogP contribution in [0.25, 0.3) is 16.6 Å². The molecule has 0 aliphatic carbocycles. The zero-order chi connectivity index (χ0) is 14.8. The fraction of sp³-hybridized carbons (Fsp3) is 0.214. The van der Waals surface area contributed by atoms with Gasteiger partial charge in [0.05, 0.1) is 12.0 Å². The van der Waals surface area contributed by atoms with Gasteiger partial charge in [0.15, 0.2) is 5.76 Å². The van der Waals surface area contributed by atoms with Crippen molar-refractivity contribution in [1.29, 1.82) is 0 Å². The number of amides is 1. The second kappa shape index (κ2) is 5.53. The molecule has 0 aromatic carbocycles. The number of hydrogen-bond acceptors (Lipinski definition) is 5. The summed E-state index contributed by atoms with van der Waals surface area (Å²) < 4.78 is 6.97. The molecule has 0 saturated heterocycles. The predicted octanol–water partition coefficient (Wildman–Crippen LogP) is 3.25. The van der Waals surface area contributed by atoms with Crippen LogP contribution in [0.2, 0.25) is 0 Å². The maximum absolute atomic E-state index is 11.6. The molecule has 3 aromatic heterocycles. The Balaban J connectivity index is 1.95. The lowest BCUT2D eigenvalue weighted by atomic mass is 10.4. The molecule has 0 atom stereocenters. The highest BCUT2D eigenvalue weighted by Gasteiger charge is 2.14. The fourth-order valence-corrected chi connectivity index (χ4v) is 2.64. The third-order valence-electron chi connectivity index (χ3n) is 2.87. The highest BCUT2D eigenvalue weighted by molar-refractivity contribution is 7.12. The van der Waals surface area contributed by atoms with Crippen LogP contribution in [-0.4, -0.2) is 20.7 Å². The van der Waals surface area contributed by atoms with Gasteiger partial charge >= 0.3 is 0 Å². The van der Waals surface area contributed by atoms with Crippen molar-refractivity contribution in [3.05, 3.63) is 35.5 Å². The van der Waals surface area contributed by atoms with E-state index < -0.39 is 0 Å². The van der Waals surface area contributed by atoms with Crippen molar-refractivity contribution in [2.24, 2.45) is 0 Å². The molecule has 3 rings (SSSR count). The summed E-state index contributed by atoms with van der Waals surface area (Å²) >= 11 is 1.44. The van der Waals surface area contributed by atoms with Crippen LogP contribution in [0.3, 0.4) is 0 Å². The molecule has 1 N–H and O–H groups in total. The first-order chi connectivity index (χ1) is 10.2. The second-order valence-corrected chi connectivity index (χ2v) is 5.31. The molecule has 0 spiro atoms. The number of nitrogens with one attached hydrogen (secondary N) is 1. The summed E-state index contributed by atoms with van der Waals surface area (Å²) in [7, 11) is 0. The Labute approximate surface area is 125 Å². The first-order valence-corrected chi connectivity index (χ1v) is 7.41. The molecule has 3 heterocycles. The Morgan fingerprint density at radius 2 is 2.38 bits per heavy atom. The molecule has 0 unspecified atom stereocenters. The van der Waals surface area contributed by atoms with Gasteiger partial charge in [-0.15, -0.1) is 11.3 Å². The van der Waals surface area contributed by atoms with E-state index in [1.165, 1.54) is 11.3 Å². The molecule has 0 radical (unpaired) electrons. The summed E-state index contributed by atoms with van der Waals surface area (Å²) in [6.07, 6.45) is 2.03. The molecule has 0 bridgehead atoms. The molecule has 3 aromatic rings. The van der Waals surface area contributed by atoms with Gasteiger partial charge < -0.3 is 9.73 Å². The monoisotopic (exact) mass is 302 g/mol. The lowest BCUT2D eigenvalue weighted by Gasteiger charge is -2.04. The normalized spacial score (nSPS) is 10.8. The smallest absolute Gasteiger partial charge is 0.225 e. The maximum atomic E-state index is 11.6. The molecule has 7 heteroatoms. The average molecular weight is 302 g/mol. The summed E-state index contributed by atoms with van der Waals surface area (Å²) in [6.45, 7) is 3.68. The quantitative estimate of drug-likeness (QED) is 0.803. The Morgan fingerprint density at radius 1 is 1.52 bits per heavy atom. The number of rotatable bonds is 4. The zero-order valence-electron chi connectivity index (χ0n) is 11.7. The van der Waals surface area contributed by atoms with E-state index in [1.807, 2.05) is 30.5 Å². The second-order valence-electron chi connectivity index (χ2n) is 4.48. The summed E-state index contributed by atoms with van der Waals surface area (Å²) in [6, 6.07) is 5.49. The lowest BCUT2D eigenvalue weighted by Crippen LogP contribution is -2.13. The van der Waals surface area contributed by atoms with Gasteiger partial charge in [-0.25, -0.2) is 4.98 Å². The molecular weight excluding hydrogens is 288 g/mol. The Hall–Kier alpha value is -2.41. The Kier molecular flexibility index (Phi) is 3.57. The van der Waals surface area contributed by atoms with Crippen LogP contribution in [0.1, 0.15) is 19.0 Å². The van der Waals surface area contributed by atoms with Crippen molar-refractivity contribution in [3.63, 3.8) is 0 Å². The Morgan fingerprint density at radius 3 is 3.10 bits per heavy atom. The predicted molar refractivity (Wildman–Crippen MR) is 80.6 cm³/mol. The van der Waals surface area contributed by atoms with Crippen molar-refractivity contribution >= 4 is 23.1 Å². The van der Waals surface area contributed by atoms with Crippen LogP contribution in [-0.2, 0) is 4.79 Å². The van der Waals surface area contributed by atoms with Crippen LogP contribution in [0.15, 0.2) is 34.3 Å². The molecule has 0 aliphatic heterocycles. The van der Waals surface area contributed by atoms with Crippen LogP contribution in [0.5, 0.6) is 0 Å². The van der Waals surface area contributed by atoms with E-state index in [1.54, 1.807) is 17.9 Å². The van der Waals surface area contributed by atoms with Gasteiger partial charge in [0.25, 0.3) is 0 Å². The third-order valence-corrected chi connectivity index (χ3v) is 3.68. The molecule has 21 heavy (non-hydrogen) atoms. The number of aryl methyl sites for hydroxylation is 1. The number of nitrogens with zero attached hydrogens (tertiary/aromatic N) is 3. The molecular formula is C14H14N4O2S. The van der Waals surface area contributed by atoms with E-state index in [0.717, 1.165) is 11.4 Å². The van der Waals surface area contributed by atoms with Crippen molar-refractivity contribution < 1.29 is 9.21 Å². The minimum absolute atomic E-state index is 0.0565. The number of anilines is 1. The van der Waals surface area contributed by atoms with E-state index in [2.05, 4.69) is 15.4 Å². The summed E-state index contributed by atoms with van der Waals surface area (Å²) in [5.74, 6) is 1.28. The van der Waals surface area contributed by atoms with E-state index in [-0.39, 0.29) is 5.91 Å². The molecule has 108 valence electrons. The fourth-order valence-electron chi connectivity index (χ4n) is 1.86. The first-order valence-electron chi connectivity index (χ1n) is 6.53.